The topological polar surface area (TPSA) is 47.3 Å². The van der Waals surface area contributed by atoms with Crippen molar-refractivity contribution in [2.45, 2.75) is 70.9 Å². The summed E-state index contributed by atoms with van der Waals surface area (Å²) in [6.07, 6.45) is 8.05. The first-order valence-corrected chi connectivity index (χ1v) is 6.70. The predicted octanol–water partition coefficient (Wildman–Crippen LogP) is 2.60. The van der Waals surface area contributed by atoms with E-state index in [0.717, 1.165) is 18.9 Å². The molecule has 1 aliphatic carbocycles. The van der Waals surface area contributed by atoms with E-state index in [9.17, 15) is 0 Å². The lowest BCUT2D eigenvalue weighted by atomic mass is 9.81. The molecule has 3 nitrogen and oxygen atoms in total. The van der Waals surface area contributed by atoms with Gasteiger partial charge in [-0.1, -0.05) is 32.1 Å². The molecule has 1 saturated carbocycles. The normalized spacial score (nSPS) is 21.0. The van der Waals surface area contributed by atoms with Gasteiger partial charge in [0, 0.05) is 12.6 Å². The van der Waals surface area contributed by atoms with Crippen LogP contribution in [0.1, 0.15) is 59.3 Å². The molecule has 0 aromatic carbocycles. The van der Waals surface area contributed by atoms with Gasteiger partial charge in [0.1, 0.15) is 0 Å². The second-order valence-corrected chi connectivity index (χ2v) is 5.50. The van der Waals surface area contributed by atoms with Crippen molar-refractivity contribution in [3.63, 3.8) is 0 Å². The summed E-state index contributed by atoms with van der Waals surface area (Å²) in [6.45, 7) is 7.04. The molecule has 16 heavy (non-hydrogen) atoms. The fourth-order valence-electron chi connectivity index (χ4n) is 2.78. The van der Waals surface area contributed by atoms with Crippen LogP contribution in [-0.2, 0) is 4.74 Å². The fourth-order valence-corrected chi connectivity index (χ4v) is 2.78. The van der Waals surface area contributed by atoms with Crippen LogP contribution in [0.25, 0.3) is 0 Å². The number of rotatable bonds is 6. The van der Waals surface area contributed by atoms with Crippen molar-refractivity contribution in [3.8, 4) is 0 Å². The van der Waals surface area contributed by atoms with E-state index in [4.69, 9.17) is 10.6 Å². The molecule has 0 radical (unpaired) electrons. The Morgan fingerprint density at radius 1 is 1.31 bits per heavy atom. The van der Waals surface area contributed by atoms with Crippen molar-refractivity contribution in [2.24, 2.45) is 11.8 Å². The molecule has 1 unspecified atom stereocenters. The average molecular weight is 228 g/mol. The molecule has 0 amide bonds. The van der Waals surface area contributed by atoms with Crippen molar-refractivity contribution < 1.29 is 4.74 Å². The van der Waals surface area contributed by atoms with Crippen LogP contribution in [0, 0.1) is 5.92 Å². The van der Waals surface area contributed by atoms with Crippen LogP contribution in [0.5, 0.6) is 0 Å². The van der Waals surface area contributed by atoms with Gasteiger partial charge in [0.05, 0.1) is 5.60 Å². The van der Waals surface area contributed by atoms with E-state index >= 15 is 0 Å². The molecule has 0 bridgehead atoms. The zero-order valence-corrected chi connectivity index (χ0v) is 11.1. The van der Waals surface area contributed by atoms with Crippen molar-refractivity contribution in [1.29, 1.82) is 0 Å². The van der Waals surface area contributed by atoms with Crippen molar-refractivity contribution in [2.75, 3.05) is 6.61 Å². The highest BCUT2D eigenvalue weighted by atomic mass is 16.5. The first-order valence-electron chi connectivity index (χ1n) is 6.70. The van der Waals surface area contributed by atoms with Gasteiger partial charge in [-0.15, -0.1) is 0 Å². The SMILES string of the molecule is CCOC(C)(C)C(CC1CCCCC1)NN. The molecule has 3 heteroatoms. The Hall–Kier alpha value is -0.120. The van der Waals surface area contributed by atoms with Crippen LogP contribution in [0.4, 0.5) is 0 Å². The molecule has 0 saturated heterocycles. The highest BCUT2D eigenvalue weighted by Crippen LogP contribution is 2.30. The molecule has 96 valence electrons. The first-order chi connectivity index (χ1) is 7.60. The summed E-state index contributed by atoms with van der Waals surface area (Å²) in [5, 5.41) is 0. The number of ether oxygens (including phenoxy) is 1. The van der Waals surface area contributed by atoms with E-state index in [1.54, 1.807) is 0 Å². The van der Waals surface area contributed by atoms with Gasteiger partial charge in [-0.2, -0.15) is 0 Å². The Balaban J connectivity index is 2.46. The third kappa shape index (κ3) is 4.04. The Morgan fingerprint density at radius 2 is 1.94 bits per heavy atom. The number of nitrogens with two attached hydrogens (primary N) is 1. The summed E-state index contributed by atoms with van der Waals surface area (Å²) in [4.78, 5) is 0. The molecule has 3 N–H and O–H groups in total. The number of hydrogen-bond acceptors (Lipinski definition) is 3. The minimum Gasteiger partial charge on any atom is -0.374 e. The molecule has 0 heterocycles. The maximum absolute atomic E-state index is 5.78. The van der Waals surface area contributed by atoms with Crippen molar-refractivity contribution >= 4 is 0 Å². The fraction of sp³-hybridized carbons (Fsp3) is 1.00. The Bertz CT molecular complexity index is 188. The van der Waals surface area contributed by atoms with E-state index in [1.165, 1.54) is 32.1 Å². The maximum Gasteiger partial charge on any atom is 0.0792 e. The molecule has 1 rings (SSSR count). The van der Waals surface area contributed by atoms with Crippen LogP contribution in [0.15, 0.2) is 0 Å². The molecule has 1 atom stereocenters. The summed E-state index contributed by atoms with van der Waals surface area (Å²) in [5.74, 6) is 6.50. The third-order valence-electron chi connectivity index (χ3n) is 3.85. The van der Waals surface area contributed by atoms with E-state index < -0.39 is 0 Å². The third-order valence-corrected chi connectivity index (χ3v) is 3.85. The largest absolute Gasteiger partial charge is 0.374 e. The predicted molar refractivity (Wildman–Crippen MR) is 68.0 cm³/mol. The summed E-state index contributed by atoms with van der Waals surface area (Å²) >= 11 is 0. The number of hydrogen-bond donors (Lipinski definition) is 2. The van der Waals surface area contributed by atoms with Crippen LogP contribution in [0.3, 0.4) is 0 Å². The maximum atomic E-state index is 5.78. The van der Waals surface area contributed by atoms with Crippen molar-refractivity contribution in [1.82, 2.24) is 5.43 Å². The van der Waals surface area contributed by atoms with Gasteiger partial charge in [-0.25, -0.2) is 0 Å². The lowest BCUT2D eigenvalue weighted by Crippen LogP contribution is -2.52. The minimum atomic E-state index is -0.166. The molecule has 0 aromatic heterocycles. The summed E-state index contributed by atoms with van der Waals surface area (Å²) in [6, 6.07) is 0.260. The zero-order valence-electron chi connectivity index (χ0n) is 11.1. The minimum absolute atomic E-state index is 0.166. The Labute approximate surface area is 100 Å². The summed E-state index contributed by atoms with van der Waals surface area (Å²) in [5.41, 5.74) is 2.78. The monoisotopic (exact) mass is 228 g/mol. The zero-order chi connectivity index (χ0) is 12.0. The number of hydrazine groups is 1. The van der Waals surface area contributed by atoms with E-state index in [-0.39, 0.29) is 11.6 Å². The summed E-state index contributed by atoms with van der Waals surface area (Å²) < 4.78 is 5.78. The second kappa shape index (κ2) is 6.58. The van der Waals surface area contributed by atoms with Crippen LogP contribution < -0.4 is 11.3 Å². The smallest absolute Gasteiger partial charge is 0.0792 e. The molecule has 0 aliphatic heterocycles. The lowest BCUT2D eigenvalue weighted by Gasteiger charge is -2.36. The van der Waals surface area contributed by atoms with Crippen molar-refractivity contribution in [3.05, 3.63) is 0 Å². The Morgan fingerprint density at radius 3 is 2.44 bits per heavy atom. The highest BCUT2D eigenvalue weighted by Gasteiger charge is 2.31. The van der Waals surface area contributed by atoms with E-state index in [0.29, 0.717) is 0 Å². The van der Waals surface area contributed by atoms with Crippen LogP contribution >= 0.6 is 0 Å². The first kappa shape index (κ1) is 13.9. The number of nitrogens with one attached hydrogen (secondary N) is 1. The van der Waals surface area contributed by atoms with E-state index in [2.05, 4.69) is 19.3 Å². The quantitative estimate of drug-likeness (QED) is 0.542. The van der Waals surface area contributed by atoms with Gasteiger partial charge in [0.25, 0.3) is 0 Å². The van der Waals surface area contributed by atoms with E-state index in [1.807, 2.05) is 6.92 Å². The lowest BCUT2D eigenvalue weighted by molar-refractivity contribution is -0.0447. The molecular weight excluding hydrogens is 200 g/mol. The van der Waals surface area contributed by atoms with Gasteiger partial charge in [-0.3, -0.25) is 11.3 Å². The molecule has 1 fully saturated rings. The molecule has 0 spiro atoms. The van der Waals surface area contributed by atoms with Gasteiger partial charge in [0.2, 0.25) is 0 Å². The van der Waals surface area contributed by atoms with Crippen LogP contribution in [0.2, 0.25) is 0 Å². The van der Waals surface area contributed by atoms with Gasteiger partial charge in [-0.05, 0) is 33.1 Å². The highest BCUT2D eigenvalue weighted by molar-refractivity contribution is 4.86. The molecular formula is C13H28N2O. The average Bonchev–Trinajstić information content (AvgIpc) is 2.27. The van der Waals surface area contributed by atoms with Gasteiger partial charge < -0.3 is 4.74 Å². The molecule has 0 aromatic rings. The summed E-state index contributed by atoms with van der Waals surface area (Å²) in [7, 11) is 0. The molecule has 1 aliphatic rings. The van der Waals surface area contributed by atoms with Crippen LogP contribution in [-0.4, -0.2) is 18.2 Å². The standard InChI is InChI=1S/C13H28N2O/c1-4-16-13(2,3)12(15-14)10-11-8-6-5-7-9-11/h11-12,15H,4-10,14H2,1-3H3. The van der Waals surface area contributed by atoms with Gasteiger partial charge >= 0.3 is 0 Å². The van der Waals surface area contributed by atoms with Gasteiger partial charge in [0.15, 0.2) is 0 Å². The second-order valence-electron chi connectivity index (χ2n) is 5.50. The Kier molecular flexibility index (Phi) is 5.73.